The molecule has 0 amide bonds. The van der Waals surface area contributed by atoms with E-state index in [9.17, 15) is 13.2 Å². The lowest BCUT2D eigenvalue weighted by molar-refractivity contribution is -0.115. The van der Waals surface area contributed by atoms with Crippen molar-refractivity contribution >= 4 is 15.6 Å². The van der Waals surface area contributed by atoms with Crippen molar-refractivity contribution in [3.63, 3.8) is 0 Å². The van der Waals surface area contributed by atoms with Crippen LogP contribution in [0.25, 0.3) is 0 Å². The summed E-state index contributed by atoms with van der Waals surface area (Å²) in [6.45, 7) is 1.93. The first-order chi connectivity index (χ1) is 13.5. The van der Waals surface area contributed by atoms with Gasteiger partial charge in [-0.25, -0.2) is 8.42 Å². The number of benzene rings is 2. The molecule has 2 aliphatic rings. The van der Waals surface area contributed by atoms with Crippen molar-refractivity contribution in [3.05, 3.63) is 77.4 Å². The van der Waals surface area contributed by atoms with Gasteiger partial charge in [-0.2, -0.15) is 0 Å². The average molecular weight is 395 g/mol. The lowest BCUT2D eigenvalue weighted by atomic mass is 9.72. The summed E-state index contributed by atoms with van der Waals surface area (Å²) in [5, 5.41) is -1.05. The van der Waals surface area contributed by atoms with E-state index in [-0.39, 0.29) is 22.5 Å². The fourth-order valence-corrected chi connectivity index (χ4v) is 6.70. The Morgan fingerprint density at radius 2 is 1.61 bits per heavy atom. The van der Waals surface area contributed by atoms with Crippen molar-refractivity contribution in [1.29, 1.82) is 0 Å². The van der Waals surface area contributed by atoms with Crippen LogP contribution in [-0.4, -0.2) is 19.5 Å². The minimum atomic E-state index is -3.78. The van der Waals surface area contributed by atoms with Gasteiger partial charge in [0.25, 0.3) is 0 Å². The maximum atomic E-state index is 13.6. The maximum absolute atomic E-state index is 13.6. The van der Waals surface area contributed by atoms with Crippen LogP contribution in [-0.2, 0) is 14.6 Å². The van der Waals surface area contributed by atoms with Crippen LogP contribution in [0.15, 0.2) is 71.1 Å². The zero-order valence-corrected chi connectivity index (χ0v) is 17.0. The second kappa shape index (κ2) is 7.67. The smallest absolute Gasteiger partial charge is 0.189 e. The second-order valence-corrected chi connectivity index (χ2v) is 10.1. The molecule has 0 saturated heterocycles. The monoisotopic (exact) mass is 394 g/mol. The van der Waals surface area contributed by atoms with Crippen molar-refractivity contribution in [2.24, 2.45) is 5.92 Å². The minimum Gasteiger partial charge on any atom is -0.293 e. The Hall–Kier alpha value is -2.20. The van der Waals surface area contributed by atoms with Gasteiger partial charge in [0.15, 0.2) is 15.6 Å². The van der Waals surface area contributed by atoms with E-state index in [0.29, 0.717) is 0 Å². The van der Waals surface area contributed by atoms with Gasteiger partial charge in [-0.15, -0.1) is 0 Å². The Balaban J connectivity index is 1.87. The molecule has 0 spiro atoms. The number of hydrogen-bond acceptors (Lipinski definition) is 3. The fourth-order valence-electron chi connectivity index (χ4n) is 4.79. The Kier molecular flexibility index (Phi) is 5.24. The summed E-state index contributed by atoms with van der Waals surface area (Å²) < 4.78 is 27.2. The maximum Gasteiger partial charge on any atom is 0.189 e. The van der Waals surface area contributed by atoms with Gasteiger partial charge in [0, 0.05) is 5.92 Å². The zero-order chi connectivity index (χ0) is 19.7. The van der Waals surface area contributed by atoms with E-state index in [1.165, 1.54) is 0 Å². The predicted octanol–water partition coefficient (Wildman–Crippen LogP) is 5.01. The van der Waals surface area contributed by atoms with Crippen molar-refractivity contribution in [3.8, 4) is 0 Å². The van der Waals surface area contributed by atoms with Crippen LogP contribution < -0.4 is 0 Å². The first kappa shape index (κ1) is 19.1. The number of allylic oxidation sites excluding steroid dienone is 2. The molecule has 146 valence electrons. The highest BCUT2D eigenvalue weighted by Crippen LogP contribution is 2.46. The van der Waals surface area contributed by atoms with Crippen LogP contribution in [0.4, 0.5) is 0 Å². The molecule has 0 N–H and O–H groups in total. The Morgan fingerprint density at radius 1 is 0.893 bits per heavy atom. The van der Waals surface area contributed by atoms with Gasteiger partial charge in [-0.1, -0.05) is 66.4 Å². The van der Waals surface area contributed by atoms with E-state index in [0.717, 1.165) is 48.8 Å². The topological polar surface area (TPSA) is 51.2 Å². The lowest BCUT2D eigenvalue weighted by Crippen LogP contribution is -2.42. The third kappa shape index (κ3) is 3.46. The van der Waals surface area contributed by atoms with Crippen LogP contribution in [0.1, 0.15) is 49.1 Å². The van der Waals surface area contributed by atoms with Crippen LogP contribution in [0.2, 0.25) is 0 Å². The van der Waals surface area contributed by atoms with Crippen molar-refractivity contribution < 1.29 is 13.2 Å². The number of aryl methyl sites for hydroxylation is 1. The van der Waals surface area contributed by atoms with Crippen molar-refractivity contribution in [2.45, 2.75) is 55.1 Å². The number of carbonyl (C=O) groups is 1. The SMILES string of the molecule is Cc1ccc(S(=O)(=O)[C@@H]2C(=O)C=C3CCCCC[C@@H]3[C@H]2c2ccccc2)cc1. The molecule has 3 atom stereocenters. The largest absolute Gasteiger partial charge is 0.293 e. The number of fused-ring (bicyclic) bond motifs is 1. The van der Waals surface area contributed by atoms with E-state index < -0.39 is 15.1 Å². The van der Waals surface area contributed by atoms with E-state index >= 15 is 0 Å². The van der Waals surface area contributed by atoms with Crippen LogP contribution in [0.3, 0.4) is 0 Å². The number of hydrogen-bond donors (Lipinski definition) is 0. The molecule has 0 aromatic heterocycles. The molecule has 2 aliphatic carbocycles. The Bertz CT molecular complexity index is 988. The standard InChI is InChI=1S/C24H26O3S/c1-17-12-14-20(15-13-17)28(26,27)24-22(25)16-19-10-6-3-7-11-21(19)23(24)18-8-4-2-5-9-18/h2,4-5,8-9,12-16,21,23-24H,3,6-7,10-11H2,1H3/t21-,23+,24+/m0/s1. The minimum absolute atomic E-state index is 0.118. The molecule has 0 heterocycles. The van der Waals surface area contributed by atoms with Crippen LogP contribution >= 0.6 is 0 Å². The second-order valence-electron chi connectivity index (χ2n) is 8.04. The van der Waals surface area contributed by atoms with E-state index in [4.69, 9.17) is 0 Å². The summed E-state index contributed by atoms with van der Waals surface area (Å²) in [5.41, 5.74) is 3.10. The van der Waals surface area contributed by atoms with Gasteiger partial charge >= 0.3 is 0 Å². The molecule has 1 saturated carbocycles. The average Bonchev–Trinajstić information content (AvgIpc) is 2.93. The van der Waals surface area contributed by atoms with Crippen molar-refractivity contribution in [2.75, 3.05) is 0 Å². The number of ketones is 1. The molecule has 3 nitrogen and oxygen atoms in total. The molecule has 4 heteroatoms. The van der Waals surface area contributed by atoms with Gasteiger partial charge in [0.2, 0.25) is 0 Å². The first-order valence-electron chi connectivity index (χ1n) is 10.1. The predicted molar refractivity (Wildman–Crippen MR) is 111 cm³/mol. The molecule has 0 bridgehead atoms. The summed E-state index contributed by atoms with van der Waals surface area (Å²) in [5.74, 6) is -0.464. The van der Waals surface area contributed by atoms with Gasteiger partial charge in [0.05, 0.1) is 4.90 Å². The first-order valence-corrected chi connectivity index (χ1v) is 11.6. The quantitative estimate of drug-likeness (QED) is 0.735. The summed E-state index contributed by atoms with van der Waals surface area (Å²) >= 11 is 0. The molecule has 28 heavy (non-hydrogen) atoms. The summed E-state index contributed by atoms with van der Waals surface area (Å²) in [7, 11) is -3.78. The number of carbonyl (C=O) groups excluding carboxylic acids is 1. The van der Waals surface area contributed by atoms with E-state index in [1.807, 2.05) is 37.3 Å². The summed E-state index contributed by atoms with van der Waals surface area (Å²) in [6, 6.07) is 16.6. The highest BCUT2D eigenvalue weighted by Gasteiger charge is 2.47. The molecule has 0 aliphatic heterocycles. The van der Waals surface area contributed by atoms with Gasteiger partial charge < -0.3 is 0 Å². The zero-order valence-electron chi connectivity index (χ0n) is 16.2. The summed E-state index contributed by atoms with van der Waals surface area (Å²) in [6.07, 6.45) is 6.80. The van der Waals surface area contributed by atoms with Crippen molar-refractivity contribution in [1.82, 2.24) is 0 Å². The molecular formula is C24H26O3S. The number of sulfone groups is 1. The third-order valence-corrected chi connectivity index (χ3v) is 8.32. The lowest BCUT2D eigenvalue weighted by Gasteiger charge is -2.37. The Labute approximate surface area is 167 Å². The van der Waals surface area contributed by atoms with Gasteiger partial charge in [-0.05, 0) is 55.9 Å². The van der Waals surface area contributed by atoms with E-state index in [1.54, 1.807) is 30.3 Å². The highest BCUT2D eigenvalue weighted by molar-refractivity contribution is 7.93. The molecule has 1 fully saturated rings. The normalized spacial score (nSPS) is 25.5. The highest BCUT2D eigenvalue weighted by atomic mass is 32.2. The van der Waals surface area contributed by atoms with Gasteiger partial charge in [-0.3, -0.25) is 4.79 Å². The number of rotatable bonds is 3. The third-order valence-electron chi connectivity index (χ3n) is 6.19. The fraction of sp³-hybridized carbons (Fsp3) is 0.375. The molecule has 0 radical (unpaired) electrons. The molecule has 4 rings (SSSR count). The summed E-state index contributed by atoms with van der Waals surface area (Å²) in [4.78, 5) is 13.4. The van der Waals surface area contributed by atoms with Gasteiger partial charge in [0.1, 0.15) is 5.25 Å². The van der Waals surface area contributed by atoms with Crippen LogP contribution in [0.5, 0.6) is 0 Å². The Morgan fingerprint density at radius 3 is 2.32 bits per heavy atom. The molecule has 2 aromatic rings. The molecule has 0 unspecified atom stereocenters. The molecule has 2 aromatic carbocycles. The van der Waals surface area contributed by atoms with Crippen LogP contribution in [0, 0.1) is 12.8 Å². The van der Waals surface area contributed by atoms with E-state index in [2.05, 4.69) is 0 Å². The molecular weight excluding hydrogens is 368 g/mol.